The minimum absolute atomic E-state index is 0.0527. The van der Waals surface area contributed by atoms with Crippen LogP contribution in [0.2, 0.25) is 0 Å². The molecule has 5 rings (SSSR count). The average Bonchev–Trinajstić information content (AvgIpc) is 3.31. The van der Waals surface area contributed by atoms with Crippen LogP contribution in [0.5, 0.6) is 0 Å². The second kappa shape index (κ2) is 9.72. The van der Waals surface area contributed by atoms with Crippen molar-refractivity contribution in [3.63, 3.8) is 0 Å². The lowest BCUT2D eigenvalue weighted by Crippen LogP contribution is -2.47. The van der Waals surface area contributed by atoms with Gasteiger partial charge in [0.25, 0.3) is 0 Å². The van der Waals surface area contributed by atoms with E-state index >= 15 is 0 Å². The van der Waals surface area contributed by atoms with Crippen LogP contribution in [0.15, 0.2) is 54.6 Å². The Morgan fingerprint density at radius 2 is 1.54 bits per heavy atom. The fourth-order valence-corrected chi connectivity index (χ4v) is 5.98. The molecule has 3 aliphatic rings. The number of fused-ring (bicyclic) bond motifs is 1. The summed E-state index contributed by atoms with van der Waals surface area (Å²) in [5, 5.41) is 5.23. The summed E-state index contributed by atoms with van der Waals surface area (Å²) in [7, 11) is 1.39. The number of benzene rings is 2. The molecule has 2 heterocycles. The molecule has 2 aromatic rings. The molecule has 7 nitrogen and oxygen atoms in total. The van der Waals surface area contributed by atoms with Crippen LogP contribution in [0.4, 0.5) is 10.5 Å². The molecule has 0 radical (unpaired) electrons. The molecular formula is C28H33N3O4. The fourth-order valence-electron chi connectivity index (χ4n) is 5.98. The van der Waals surface area contributed by atoms with Gasteiger partial charge in [0, 0.05) is 31.6 Å². The molecule has 3 amide bonds. The van der Waals surface area contributed by atoms with Gasteiger partial charge in [-0.25, -0.2) is 4.79 Å². The van der Waals surface area contributed by atoms with Crippen LogP contribution in [0, 0.1) is 17.3 Å². The van der Waals surface area contributed by atoms with E-state index in [1.54, 1.807) is 0 Å². The van der Waals surface area contributed by atoms with Crippen LogP contribution in [-0.2, 0) is 14.3 Å². The SMILES string of the molecule is COC(=O)C1CC=CCC1C(=O)N1CCC2(CCN(C(=O)Nc3cccc4ccccc34)CC2)C1. The highest BCUT2D eigenvalue weighted by Gasteiger charge is 2.45. The monoisotopic (exact) mass is 475 g/mol. The minimum Gasteiger partial charge on any atom is -0.469 e. The third kappa shape index (κ3) is 4.64. The predicted molar refractivity (Wildman–Crippen MR) is 135 cm³/mol. The van der Waals surface area contributed by atoms with Crippen molar-refractivity contribution in [1.82, 2.24) is 9.80 Å². The van der Waals surface area contributed by atoms with Crippen LogP contribution < -0.4 is 5.32 Å². The number of nitrogens with one attached hydrogen (secondary N) is 1. The third-order valence-electron chi connectivity index (χ3n) is 8.15. The Hall–Kier alpha value is -3.35. The Balaban J connectivity index is 1.19. The van der Waals surface area contributed by atoms with E-state index in [2.05, 4.69) is 5.32 Å². The topological polar surface area (TPSA) is 79.0 Å². The van der Waals surface area contributed by atoms with Gasteiger partial charge in [0.15, 0.2) is 0 Å². The summed E-state index contributed by atoms with van der Waals surface area (Å²) >= 11 is 0. The van der Waals surface area contributed by atoms with Crippen LogP contribution in [0.25, 0.3) is 10.8 Å². The van der Waals surface area contributed by atoms with E-state index in [1.807, 2.05) is 64.4 Å². The van der Waals surface area contributed by atoms with E-state index < -0.39 is 5.92 Å². The number of carbonyl (C=O) groups excluding carboxylic acids is 3. The molecule has 35 heavy (non-hydrogen) atoms. The zero-order chi connectivity index (χ0) is 24.4. The van der Waals surface area contributed by atoms with Gasteiger partial charge in [-0.3, -0.25) is 9.59 Å². The number of esters is 1. The number of amides is 3. The van der Waals surface area contributed by atoms with Crippen molar-refractivity contribution in [2.24, 2.45) is 17.3 Å². The minimum atomic E-state index is -0.395. The second-order valence-electron chi connectivity index (χ2n) is 10.1. The maximum absolute atomic E-state index is 13.3. The van der Waals surface area contributed by atoms with Crippen LogP contribution in [0.1, 0.15) is 32.1 Å². The number of hydrogen-bond donors (Lipinski definition) is 1. The van der Waals surface area contributed by atoms with Gasteiger partial charge >= 0.3 is 12.0 Å². The van der Waals surface area contributed by atoms with Gasteiger partial charge in [-0.15, -0.1) is 0 Å². The predicted octanol–water partition coefficient (Wildman–Crippen LogP) is 4.44. The lowest BCUT2D eigenvalue weighted by molar-refractivity contribution is -0.153. The molecule has 0 aromatic heterocycles. The molecule has 2 unspecified atom stereocenters. The van der Waals surface area contributed by atoms with Crippen molar-refractivity contribution < 1.29 is 19.1 Å². The van der Waals surface area contributed by atoms with E-state index in [-0.39, 0.29) is 29.2 Å². The van der Waals surface area contributed by atoms with Crippen molar-refractivity contribution >= 4 is 34.4 Å². The Morgan fingerprint density at radius 1 is 0.886 bits per heavy atom. The normalized spacial score (nSPS) is 23.5. The average molecular weight is 476 g/mol. The highest BCUT2D eigenvalue weighted by Crippen LogP contribution is 2.42. The summed E-state index contributed by atoms with van der Waals surface area (Å²) in [4.78, 5) is 42.4. The first kappa shape index (κ1) is 23.4. The molecule has 1 spiro atoms. The number of carbonyl (C=O) groups is 3. The second-order valence-corrected chi connectivity index (χ2v) is 10.1. The highest BCUT2D eigenvalue weighted by molar-refractivity contribution is 6.01. The summed E-state index contributed by atoms with van der Waals surface area (Å²) in [5.74, 6) is -0.965. The zero-order valence-corrected chi connectivity index (χ0v) is 20.2. The Morgan fingerprint density at radius 3 is 2.29 bits per heavy atom. The van der Waals surface area contributed by atoms with E-state index in [0.717, 1.165) is 42.3 Å². The van der Waals surface area contributed by atoms with Crippen molar-refractivity contribution in [2.75, 3.05) is 38.6 Å². The highest BCUT2D eigenvalue weighted by atomic mass is 16.5. The molecule has 2 aliphatic heterocycles. The number of ether oxygens (including phenoxy) is 1. The molecule has 1 N–H and O–H groups in total. The molecular weight excluding hydrogens is 442 g/mol. The Kier molecular flexibility index (Phi) is 6.50. The zero-order valence-electron chi connectivity index (χ0n) is 20.2. The van der Waals surface area contributed by atoms with E-state index in [1.165, 1.54) is 7.11 Å². The summed E-state index contributed by atoms with van der Waals surface area (Å²) in [6, 6.07) is 13.9. The lowest BCUT2D eigenvalue weighted by atomic mass is 9.77. The number of nitrogens with zero attached hydrogens (tertiary/aromatic N) is 2. The van der Waals surface area contributed by atoms with Crippen molar-refractivity contribution in [3.05, 3.63) is 54.6 Å². The number of piperidine rings is 1. The molecule has 0 saturated carbocycles. The standard InChI is InChI=1S/C28H33N3O4/c1-35-26(33)23-11-5-4-10-22(23)25(32)31-18-15-28(19-31)13-16-30(17-14-28)27(34)29-24-12-6-8-20-7-2-3-9-21(20)24/h2-9,12,22-23H,10-11,13-19H2,1H3,(H,29,34). The maximum atomic E-state index is 13.3. The first-order chi connectivity index (χ1) is 17.0. The molecule has 1 aliphatic carbocycles. The van der Waals surface area contributed by atoms with Gasteiger partial charge in [-0.05, 0) is 49.0 Å². The van der Waals surface area contributed by atoms with Gasteiger partial charge in [-0.2, -0.15) is 0 Å². The summed E-state index contributed by atoms with van der Waals surface area (Å²) in [5.41, 5.74) is 0.879. The summed E-state index contributed by atoms with van der Waals surface area (Å²) in [6.45, 7) is 2.78. The van der Waals surface area contributed by atoms with E-state index in [0.29, 0.717) is 32.5 Å². The molecule has 2 atom stereocenters. The Labute approximate surface area is 206 Å². The first-order valence-corrected chi connectivity index (χ1v) is 12.5. The quantitative estimate of drug-likeness (QED) is 0.526. The summed E-state index contributed by atoms with van der Waals surface area (Å²) in [6.07, 6.45) is 7.82. The fraction of sp³-hybridized carbons (Fsp3) is 0.464. The Bertz CT molecular complexity index is 1150. The van der Waals surface area contributed by atoms with Gasteiger partial charge in [0.2, 0.25) is 5.91 Å². The van der Waals surface area contributed by atoms with Gasteiger partial charge < -0.3 is 19.9 Å². The number of hydrogen-bond acceptors (Lipinski definition) is 4. The van der Waals surface area contributed by atoms with Gasteiger partial charge in [0.1, 0.15) is 0 Å². The molecule has 2 fully saturated rings. The number of urea groups is 1. The third-order valence-corrected chi connectivity index (χ3v) is 8.15. The molecule has 2 saturated heterocycles. The van der Waals surface area contributed by atoms with Crippen LogP contribution >= 0.6 is 0 Å². The molecule has 7 heteroatoms. The van der Waals surface area contributed by atoms with E-state index in [9.17, 15) is 14.4 Å². The first-order valence-electron chi connectivity index (χ1n) is 12.5. The molecule has 2 aromatic carbocycles. The van der Waals surface area contributed by atoms with Gasteiger partial charge in [-0.1, -0.05) is 48.6 Å². The molecule has 184 valence electrons. The molecule has 0 bridgehead atoms. The lowest BCUT2D eigenvalue weighted by Gasteiger charge is -2.39. The van der Waals surface area contributed by atoms with Crippen molar-refractivity contribution in [2.45, 2.75) is 32.1 Å². The van der Waals surface area contributed by atoms with Crippen LogP contribution in [-0.4, -0.2) is 61.0 Å². The number of anilines is 1. The van der Waals surface area contributed by atoms with Crippen LogP contribution in [0.3, 0.4) is 0 Å². The summed E-state index contributed by atoms with van der Waals surface area (Å²) < 4.78 is 4.96. The van der Waals surface area contributed by atoms with E-state index in [4.69, 9.17) is 4.74 Å². The van der Waals surface area contributed by atoms with Crippen molar-refractivity contribution in [3.8, 4) is 0 Å². The number of rotatable bonds is 3. The van der Waals surface area contributed by atoms with Gasteiger partial charge in [0.05, 0.1) is 24.6 Å². The number of likely N-dealkylation sites (tertiary alicyclic amines) is 2. The maximum Gasteiger partial charge on any atom is 0.321 e. The number of methoxy groups -OCH3 is 1. The van der Waals surface area contributed by atoms with Crippen molar-refractivity contribution in [1.29, 1.82) is 0 Å². The number of allylic oxidation sites excluding steroid dienone is 2. The largest absolute Gasteiger partial charge is 0.469 e. The smallest absolute Gasteiger partial charge is 0.321 e.